The molecule has 1 N–H and O–H groups in total. The molecule has 0 bridgehead atoms. The number of carbonyl (C=O) groups is 1. The Morgan fingerprint density at radius 3 is 2.67 bits per heavy atom. The van der Waals surface area contributed by atoms with Gasteiger partial charge >= 0.3 is 5.97 Å². The molecule has 1 aliphatic heterocycles. The highest BCUT2D eigenvalue weighted by molar-refractivity contribution is 5.67. The summed E-state index contributed by atoms with van der Waals surface area (Å²) >= 11 is 0. The minimum atomic E-state index is -0.668. The Morgan fingerprint density at radius 1 is 1.28 bits per heavy atom. The molecule has 0 aromatic heterocycles. The van der Waals surface area contributed by atoms with Crippen LogP contribution in [0, 0.1) is 5.92 Å². The molecule has 1 aromatic rings. The summed E-state index contributed by atoms with van der Waals surface area (Å²) < 4.78 is 0. The van der Waals surface area contributed by atoms with Crippen LogP contribution in [0.2, 0.25) is 0 Å². The summed E-state index contributed by atoms with van der Waals surface area (Å²) in [6, 6.07) is 8.70. The first-order chi connectivity index (χ1) is 8.72. The van der Waals surface area contributed by atoms with Gasteiger partial charge in [-0.25, -0.2) is 0 Å². The zero-order valence-electron chi connectivity index (χ0n) is 10.5. The van der Waals surface area contributed by atoms with Crippen molar-refractivity contribution in [2.45, 2.75) is 31.7 Å². The van der Waals surface area contributed by atoms with Crippen LogP contribution < -0.4 is 0 Å². The van der Waals surface area contributed by atoms with Crippen molar-refractivity contribution in [3.8, 4) is 0 Å². The zero-order chi connectivity index (χ0) is 12.5. The fraction of sp³-hybridized carbons (Fsp3) is 0.533. The van der Waals surface area contributed by atoms with Crippen LogP contribution in [0.1, 0.15) is 36.3 Å². The van der Waals surface area contributed by atoms with E-state index in [-0.39, 0.29) is 0 Å². The minimum absolute atomic E-state index is 0.320. The van der Waals surface area contributed by atoms with Gasteiger partial charge in [-0.15, -0.1) is 0 Å². The Morgan fingerprint density at radius 2 is 2.00 bits per heavy atom. The standard InChI is InChI=1S/C15H19NO2/c17-15(18)7-11-8-16(9-11)10-13-3-1-2-4-14(13)12-5-6-12/h1-4,11-12H,5-10H2,(H,17,18). The first kappa shape index (κ1) is 11.7. The maximum Gasteiger partial charge on any atom is 0.303 e. The van der Waals surface area contributed by atoms with Crippen molar-refractivity contribution in [3.05, 3.63) is 35.4 Å². The van der Waals surface area contributed by atoms with Crippen LogP contribution in [0.15, 0.2) is 24.3 Å². The fourth-order valence-electron chi connectivity index (χ4n) is 2.89. The van der Waals surface area contributed by atoms with E-state index in [9.17, 15) is 4.79 Å². The Labute approximate surface area is 107 Å². The molecule has 1 aliphatic carbocycles. The van der Waals surface area contributed by atoms with E-state index in [1.54, 1.807) is 0 Å². The molecule has 18 heavy (non-hydrogen) atoms. The van der Waals surface area contributed by atoms with Crippen LogP contribution in [0.5, 0.6) is 0 Å². The summed E-state index contributed by atoms with van der Waals surface area (Å²) in [5.41, 5.74) is 2.95. The van der Waals surface area contributed by atoms with Gasteiger partial charge in [0.1, 0.15) is 0 Å². The van der Waals surface area contributed by atoms with Crippen molar-refractivity contribution in [2.24, 2.45) is 5.92 Å². The molecule has 0 atom stereocenters. The van der Waals surface area contributed by atoms with Crippen LogP contribution in [-0.4, -0.2) is 29.1 Å². The molecule has 0 spiro atoms. The maximum atomic E-state index is 10.6. The smallest absolute Gasteiger partial charge is 0.303 e. The number of likely N-dealkylation sites (tertiary alicyclic amines) is 1. The van der Waals surface area contributed by atoms with Crippen LogP contribution in [0.25, 0.3) is 0 Å². The van der Waals surface area contributed by atoms with Crippen LogP contribution in [0.4, 0.5) is 0 Å². The molecule has 2 fully saturated rings. The lowest BCUT2D eigenvalue weighted by molar-refractivity contribution is -0.139. The number of hydrogen-bond acceptors (Lipinski definition) is 2. The Balaban J connectivity index is 1.56. The molecule has 3 rings (SSSR count). The first-order valence-corrected chi connectivity index (χ1v) is 6.74. The van der Waals surface area contributed by atoms with Gasteiger partial charge in [0, 0.05) is 19.6 Å². The number of carboxylic acid groups (broad SMARTS) is 1. The molecule has 1 saturated carbocycles. The van der Waals surface area contributed by atoms with Crippen LogP contribution >= 0.6 is 0 Å². The summed E-state index contributed by atoms with van der Waals surface area (Å²) in [5.74, 6) is 0.478. The van der Waals surface area contributed by atoms with Crippen LogP contribution in [0.3, 0.4) is 0 Å². The number of carboxylic acids is 1. The lowest BCUT2D eigenvalue weighted by Crippen LogP contribution is -2.46. The predicted molar refractivity (Wildman–Crippen MR) is 69.4 cm³/mol. The van der Waals surface area contributed by atoms with Crippen LogP contribution in [-0.2, 0) is 11.3 Å². The second-order valence-corrected chi connectivity index (χ2v) is 5.63. The van der Waals surface area contributed by atoms with Gasteiger partial charge in [-0.1, -0.05) is 24.3 Å². The summed E-state index contributed by atoms with van der Waals surface area (Å²) in [5, 5.41) is 8.73. The topological polar surface area (TPSA) is 40.5 Å². The largest absolute Gasteiger partial charge is 0.481 e. The SMILES string of the molecule is O=C(O)CC1CN(Cc2ccccc2C2CC2)C1. The summed E-state index contributed by atoms with van der Waals surface area (Å²) in [7, 11) is 0. The third-order valence-electron chi connectivity index (χ3n) is 3.96. The van der Waals surface area contributed by atoms with E-state index < -0.39 is 5.97 Å². The predicted octanol–water partition coefficient (Wildman–Crippen LogP) is 2.47. The number of benzene rings is 1. The lowest BCUT2D eigenvalue weighted by atomic mass is 9.94. The molecule has 1 heterocycles. The van der Waals surface area contributed by atoms with Gasteiger partial charge < -0.3 is 5.11 Å². The second kappa shape index (κ2) is 4.73. The van der Waals surface area contributed by atoms with Gasteiger partial charge in [0.2, 0.25) is 0 Å². The average Bonchev–Trinajstić information content (AvgIpc) is 3.10. The molecular weight excluding hydrogens is 226 g/mol. The van der Waals surface area contributed by atoms with Crippen molar-refractivity contribution in [1.82, 2.24) is 4.90 Å². The van der Waals surface area contributed by atoms with Gasteiger partial charge in [-0.3, -0.25) is 9.69 Å². The first-order valence-electron chi connectivity index (χ1n) is 6.74. The van der Waals surface area contributed by atoms with Gasteiger partial charge in [0.25, 0.3) is 0 Å². The van der Waals surface area contributed by atoms with Crippen molar-refractivity contribution in [3.63, 3.8) is 0 Å². The Hall–Kier alpha value is -1.35. The zero-order valence-corrected chi connectivity index (χ0v) is 10.5. The van der Waals surface area contributed by atoms with Crippen molar-refractivity contribution < 1.29 is 9.90 Å². The molecule has 96 valence electrons. The molecule has 3 heteroatoms. The molecule has 1 saturated heterocycles. The summed E-state index contributed by atoms with van der Waals surface area (Å²) in [6.07, 6.45) is 2.98. The number of nitrogens with zero attached hydrogens (tertiary/aromatic N) is 1. The number of rotatable bonds is 5. The minimum Gasteiger partial charge on any atom is -0.481 e. The lowest BCUT2D eigenvalue weighted by Gasteiger charge is -2.39. The molecule has 0 amide bonds. The third-order valence-corrected chi connectivity index (χ3v) is 3.96. The van der Waals surface area contributed by atoms with E-state index in [1.165, 1.54) is 24.0 Å². The summed E-state index contributed by atoms with van der Waals surface area (Å²) in [4.78, 5) is 13.0. The molecule has 2 aliphatic rings. The van der Waals surface area contributed by atoms with Gasteiger partial charge in [0.15, 0.2) is 0 Å². The number of aliphatic carboxylic acids is 1. The van der Waals surface area contributed by atoms with Crippen molar-refractivity contribution >= 4 is 5.97 Å². The van der Waals surface area contributed by atoms with Gasteiger partial charge in [-0.2, -0.15) is 0 Å². The van der Waals surface area contributed by atoms with E-state index in [4.69, 9.17) is 5.11 Å². The fourth-order valence-corrected chi connectivity index (χ4v) is 2.89. The van der Waals surface area contributed by atoms with E-state index in [0.717, 1.165) is 25.6 Å². The normalized spacial score (nSPS) is 20.7. The molecule has 0 radical (unpaired) electrons. The van der Waals surface area contributed by atoms with Gasteiger partial charge in [0.05, 0.1) is 6.42 Å². The van der Waals surface area contributed by atoms with E-state index in [0.29, 0.717) is 12.3 Å². The van der Waals surface area contributed by atoms with Crippen molar-refractivity contribution in [1.29, 1.82) is 0 Å². The third kappa shape index (κ3) is 2.56. The molecular formula is C15H19NO2. The Bertz CT molecular complexity index is 448. The van der Waals surface area contributed by atoms with E-state index in [1.807, 2.05) is 0 Å². The Kier molecular flexibility index (Phi) is 3.08. The van der Waals surface area contributed by atoms with Crippen molar-refractivity contribution in [2.75, 3.05) is 13.1 Å². The maximum absolute atomic E-state index is 10.6. The highest BCUT2D eigenvalue weighted by Crippen LogP contribution is 2.42. The second-order valence-electron chi connectivity index (χ2n) is 5.63. The average molecular weight is 245 g/mol. The quantitative estimate of drug-likeness (QED) is 0.866. The molecule has 0 unspecified atom stereocenters. The highest BCUT2D eigenvalue weighted by atomic mass is 16.4. The highest BCUT2D eigenvalue weighted by Gasteiger charge is 2.30. The monoisotopic (exact) mass is 245 g/mol. The summed E-state index contributed by atoms with van der Waals surface area (Å²) in [6.45, 7) is 2.86. The molecule has 3 nitrogen and oxygen atoms in total. The van der Waals surface area contributed by atoms with Gasteiger partial charge in [-0.05, 0) is 35.8 Å². The van der Waals surface area contributed by atoms with E-state index >= 15 is 0 Å². The van der Waals surface area contributed by atoms with E-state index in [2.05, 4.69) is 29.2 Å². The molecule has 1 aromatic carbocycles. The number of hydrogen-bond donors (Lipinski definition) is 1.